The van der Waals surface area contributed by atoms with Crippen molar-refractivity contribution in [3.05, 3.63) is 34.9 Å². The highest BCUT2D eigenvalue weighted by Gasteiger charge is 2.20. The summed E-state index contributed by atoms with van der Waals surface area (Å²) in [5.41, 5.74) is 0.454. The van der Waals surface area contributed by atoms with E-state index < -0.39 is 12.2 Å². The lowest BCUT2D eigenvalue weighted by atomic mass is 10.1. The van der Waals surface area contributed by atoms with Crippen LogP contribution in [0.15, 0.2) is 24.3 Å². The summed E-state index contributed by atoms with van der Waals surface area (Å²) in [7, 11) is 1.55. The number of hydrogen-bond acceptors (Lipinski definition) is 2. The van der Waals surface area contributed by atoms with Gasteiger partial charge in [-0.15, -0.1) is 0 Å². The Morgan fingerprint density at radius 1 is 1.43 bits per heavy atom. The molecule has 74 valence electrons. The lowest BCUT2D eigenvalue weighted by Gasteiger charge is -2.13. The third-order valence-electron chi connectivity index (χ3n) is 1.93. The zero-order valence-electron chi connectivity index (χ0n) is 7.67. The smallest absolute Gasteiger partial charge is 0.154 e. The molecule has 0 amide bonds. The molecule has 0 aliphatic carbocycles. The van der Waals surface area contributed by atoms with Crippen LogP contribution in [0.4, 0.5) is 4.39 Å². The van der Waals surface area contributed by atoms with Crippen molar-refractivity contribution in [2.45, 2.75) is 12.2 Å². The lowest BCUT2D eigenvalue weighted by Crippen LogP contribution is -2.28. The van der Waals surface area contributed by atoms with Crippen LogP contribution in [-0.4, -0.2) is 13.1 Å². The minimum Gasteiger partial charge on any atom is -0.302 e. The van der Waals surface area contributed by atoms with Crippen LogP contribution in [-0.2, 0) is 0 Å². The number of rotatable bonds is 3. The summed E-state index contributed by atoms with van der Waals surface area (Å²) >= 11 is 5.66. The first-order valence-electron chi connectivity index (χ1n) is 4.15. The molecular weight excluding hydrogens is 203 g/mol. The van der Waals surface area contributed by atoms with E-state index in [2.05, 4.69) is 5.32 Å². The molecule has 0 radical (unpaired) electrons. The van der Waals surface area contributed by atoms with Crippen molar-refractivity contribution >= 4 is 11.6 Å². The second kappa shape index (κ2) is 4.94. The highest BCUT2D eigenvalue weighted by atomic mass is 35.5. The maximum Gasteiger partial charge on any atom is 0.154 e. The molecule has 0 heterocycles. The molecule has 0 aliphatic rings. The summed E-state index contributed by atoms with van der Waals surface area (Å²) in [5, 5.41) is 11.8. The van der Waals surface area contributed by atoms with Crippen molar-refractivity contribution in [3.8, 4) is 6.07 Å². The van der Waals surface area contributed by atoms with E-state index in [-0.39, 0.29) is 0 Å². The van der Waals surface area contributed by atoms with Crippen molar-refractivity contribution in [1.29, 1.82) is 5.26 Å². The van der Waals surface area contributed by atoms with Gasteiger partial charge in [-0.2, -0.15) is 5.26 Å². The molecule has 1 aromatic carbocycles. The minimum atomic E-state index is -1.33. The van der Waals surface area contributed by atoms with Gasteiger partial charge in [-0.1, -0.05) is 23.7 Å². The molecule has 1 aromatic rings. The molecule has 2 unspecified atom stereocenters. The average Bonchev–Trinajstić information content (AvgIpc) is 2.20. The fraction of sp³-hybridized carbons (Fsp3) is 0.300. The van der Waals surface area contributed by atoms with Gasteiger partial charge in [-0.3, -0.25) is 0 Å². The number of nitriles is 1. The molecule has 0 aromatic heterocycles. The van der Waals surface area contributed by atoms with Gasteiger partial charge in [-0.25, -0.2) is 4.39 Å². The van der Waals surface area contributed by atoms with Crippen LogP contribution < -0.4 is 5.32 Å². The Bertz CT molecular complexity index is 331. The summed E-state index contributed by atoms with van der Waals surface area (Å²) in [4.78, 5) is 0. The van der Waals surface area contributed by atoms with Crippen molar-refractivity contribution in [1.82, 2.24) is 5.32 Å². The van der Waals surface area contributed by atoms with Gasteiger partial charge in [0.25, 0.3) is 0 Å². The molecule has 1 N–H and O–H groups in total. The number of hydrogen-bond donors (Lipinski definition) is 1. The van der Waals surface area contributed by atoms with Crippen molar-refractivity contribution < 1.29 is 4.39 Å². The number of likely N-dealkylation sites (N-methyl/N-ethyl adjacent to an activating group) is 1. The summed E-state index contributed by atoms with van der Waals surface area (Å²) in [6.07, 6.45) is -1.33. The highest BCUT2D eigenvalue weighted by Crippen LogP contribution is 2.22. The van der Waals surface area contributed by atoms with E-state index in [0.717, 1.165) is 0 Å². The van der Waals surface area contributed by atoms with Gasteiger partial charge in [0, 0.05) is 5.02 Å². The molecule has 2 atom stereocenters. The fourth-order valence-corrected chi connectivity index (χ4v) is 1.24. The number of nitrogens with zero attached hydrogens (tertiary/aromatic N) is 1. The standard InChI is InChI=1S/C10H10ClFN2/c1-14-9(6-13)10(12)7-2-4-8(11)5-3-7/h2-5,9-10,14H,1H3. The van der Waals surface area contributed by atoms with Gasteiger partial charge in [0.2, 0.25) is 0 Å². The summed E-state index contributed by atoms with van der Waals surface area (Å²) in [6.45, 7) is 0. The molecular formula is C10H10ClFN2. The van der Waals surface area contributed by atoms with E-state index in [9.17, 15) is 4.39 Å². The SMILES string of the molecule is CNC(C#N)C(F)c1ccc(Cl)cc1. The zero-order chi connectivity index (χ0) is 10.6. The third kappa shape index (κ3) is 2.44. The Hall–Kier alpha value is -1.11. The second-order valence-corrected chi connectivity index (χ2v) is 3.29. The first-order chi connectivity index (χ1) is 6.69. The van der Waals surface area contributed by atoms with Gasteiger partial charge in [0.1, 0.15) is 6.04 Å². The van der Waals surface area contributed by atoms with E-state index in [1.165, 1.54) is 0 Å². The summed E-state index contributed by atoms with van der Waals surface area (Å²) in [6, 6.07) is 7.39. The normalized spacial score (nSPS) is 14.4. The summed E-state index contributed by atoms with van der Waals surface area (Å²) < 4.78 is 13.6. The number of nitrogens with one attached hydrogen (secondary N) is 1. The lowest BCUT2D eigenvalue weighted by molar-refractivity contribution is 0.298. The van der Waals surface area contributed by atoms with Crippen LogP contribution in [0.25, 0.3) is 0 Å². The molecule has 1 rings (SSSR count). The monoisotopic (exact) mass is 212 g/mol. The number of alkyl halides is 1. The molecule has 0 spiro atoms. The van der Waals surface area contributed by atoms with Gasteiger partial charge in [0.05, 0.1) is 6.07 Å². The van der Waals surface area contributed by atoms with Gasteiger partial charge in [-0.05, 0) is 24.7 Å². The first-order valence-corrected chi connectivity index (χ1v) is 4.53. The number of halogens is 2. The van der Waals surface area contributed by atoms with Crippen molar-refractivity contribution in [2.75, 3.05) is 7.05 Å². The predicted molar refractivity (Wildman–Crippen MR) is 53.8 cm³/mol. The molecule has 14 heavy (non-hydrogen) atoms. The fourth-order valence-electron chi connectivity index (χ4n) is 1.12. The molecule has 4 heteroatoms. The Balaban J connectivity index is 2.84. The maximum absolute atomic E-state index is 13.6. The largest absolute Gasteiger partial charge is 0.302 e. The van der Waals surface area contributed by atoms with E-state index in [4.69, 9.17) is 16.9 Å². The minimum absolute atomic E-state index is 0.454. The van der Waals surface area contributed by atoms with E-state index in [1.807, 2.05) is 6.07 Å². The molecule has 0 fully saturated rings. The van der Waals surface area contributed by atoms with Crippen LogP contribution in [0.2, 0.25) is 5.02 Å². The van der Waals surface area contributed by atoms with E-state index in [0.29, 0.717) is 10.6 Å². The molecule has 2 nitrogen and oxygen atoms in total. The average molecular weight is 213 g/mol. The quantitative estimate of drug-likeness (QED) is 0.836. The molecule has 0 bridgehead atoms. The first kappa shape index (κ1) is 11.0. The highest BCUT2D eigenvalue weighted by molar-refractivity contribution is 6.30. The van der Waals surface area contributed by atoms with Crippen molar-refractivity contribution in [3.63, 3.8) is 0 Å². The van der Waals surface area contributed by atoms with Crippen LogP contribution in [0.1, 0.15) is 11.7 Å². The Labute approximate surface area is 87.3 Å². The molecule has 0 saturated heterocycles. The zero-order valence-corrected chi connectivity index (χ0v) is 8.42. The van der Waals surface area contributed by atoms with Crippen LogP contribution in [0.3, 0.4) is 0 Å². The maximum atomic E-state index is 13.6. The van der Waals surface area contributed by atoms with Crippen LogP contribution >= 0.6 is 11.6 Å². The van der Waals surface area contributed by atoms with Gasteiger partial charge >= 0.3 is 0 Å². The number of benzene rings is 1. The van der Waals surface area contributed by atoms with Gasteiger partial charge < -0.3 is 5.32 Å². The predicted octanol–water partition coefficient (Wildman–Crippen LogP) is 2.46. The van der Waals surface area contributed by atoms with E-state index >= 15 is 0 Å². The van der Waals surface area contributed by atoms with Crippen molar-refractivity contribution in [2.24, 2.45) is 0 Å². The van der Waals surface area contributed by atoms with Crippen LogP contribution in [0.5, 0.6) is 0 Å². The van der Waals surface area contributed by atoms with Gasteiger partial charge in [0.15, 0.2) is 6.17 Å². The second-order valence-electron chi connectivity index (χ2n) is 2.85. The third-order valence-corrected chi connectivity index (χ3v) is 2.18. The Morgan fingerprint density at radius 2 is 2.00 bits per heavy atom. The molecule has 0 aliphatic heterocycles. The topological polar surface area (TPSA) is 35.8 Å². The van der Waals surface area contributed by atoms with Crippen LogP contribution in [0, 0.1) is 11.3 Å². The van der Waals surface area contributed by atoms with E-state index in [1.54, 1.807) is 31.3 Å². The molecule has 0 saturated carbocycles. The summed E-state index contributed by atoms with van der Waals surface area (Å²) in [5.74, 6) is 0. The Kier molecular flexibility index (Phi) is 3.87. The Morgan fingerprint density at radius 3 is 2.43 bits per heavy atom.